The molecule has 2 amide bonds. The lowest BCUT2D eigenvalue weighted by atomic mass is 10.1. The van der Waals surface area contributed by atoms with Gasteiger partial charge in [0.05, 0.1) is 14.2 Å². The zero-order chi connectivity index (χ0) is 21.3. The van der Waals surface area contributed by atoms with Gasteiger partial charge in [-0.1, -0.05) is 30.3 Å². The van der Waals surface area contributed by atoms with Crippen LogP contribution in [0.4, 0.5) is 5.69 Å². The average Bonchev–Trinajstić information content (AvgIpc) is 2.80. The molecule has 2 N–H and O–H groups in total. The summed E-state index contributed by atoms with van der Waals surface area (Å²) in [5.74, 6) is 0.560. The van der Waals surface area contributed by atoms with Crippen molar-refractivity contribution in [3.05, 3.63) is 95.7 Å². The van der Waals surface area contributed by atoms with Gasteiger partial charge in [-0.15, -0.1) is 0 Å². The van der Waals surface area contributed by atoms with Crippen LogP contribution in [0.3, 0.4) is 0 Å². The molecule has 0 aliphatic heterocycles. The maximum absolute atomic E-state index is 12.9. The molecule has 152 valence electrons. The van der Waals surface area contributed by atoms with Crippen LogP contribution in [0, 0.1) is 0 Å². The van der Waals surface area contributed by atoms with Crippen molar-refractivity contribution in [1.82, 2.24) is 5.32 Å². The number of hydrogen-bond donors (Lipinski definition) is 2. The lowest BCUT2D eigenvalue weighted by Crippen LogP contribution is -2.30. The molecule has 0 aliphatic carbocycles. The van der Waals surface area contributed by atoms with E-state index in [0.29, 0.717) is 22.7 Å². The smallest absolute Gasteiger partial charge is 0.272 e. The molecule has 0 unspecified atom stereocenters. The molecule has 0 aliphatic rings. The Hall–Kier alpha value is -4.06. The van der Waals surface area contributed by atoms with E-state index in [4.69, 9.17) is 9.47 Å². The maximum Gasteiger partial charge on any atom is 0.272 e. The molecule has 0 saturated heterocycles. The van der Waals surface area contributed by atoms with E-state index in [-0.39, 0.29) is 11.6 Å². The van der Waals surface area contributed by atoms with E-state index in [2.05, 4.69) is 10.6 Å². The molecule has 3 aromatic carbocycles. The number of carbonyl (C=O) groups excluding carboxylic acids is 2. The quantitative estimate of drug-likeness (QED) is 0.583. The maximum atomic E-state index is 12.9. The van der Waals surface area contributed by atoms with Crippen molar-refractivity contribution >= 4 is 23.6 Å². The highest BCUT2D eigenvalue weighted by atomic mass is 16.5. The molecule has 0 saturated carbocycles. The van der Waals surface area contributed by atoms with Crippen molar-refractivity contribution in [2.75, 3.05) is 19.5 Å². The van der Waals surface area contributed by atoms with Gasteiger partial charge in [0.2, 0.25) is 0 Å². The molecule has 0 radical (unpaired) electrons. The van der Waals surface area contributed by atoms with Crippen molar-refractivity contribution in [2.45, 2.75) is 0 Å². The topological polar surface area (TPSA) is 76.7 Å². The van der Waals surface area contributed by atoms with Gasteiger partial charge in [0.15, 0.2) is 0 Å². The summed E-state index contributed by atoms with van der Waals surface area (Å²) in [4.78, 5) is 25.5. The Bertz CT molecular complexity index is 1030. The fourth-order valence-electron chi connectivity index (χ4n) is 2.68. The van der Waals surface area contributed by atoms with Gasteiger partial charge < -0.3 is 20.1 Å². The number of carbonyl (C=O) groups is 2. The zero-order valence-corrected chi connectivity index (χ0v) is 16.7. The Morgan fingerprint density at radius 2 is 1.33 bits per heavy atom. The van der Waals surface area contributed by atoms with E-state index < -0.39 is 5.91 Å². The zero-order valence-electron chi connectivity index (χ0n) is 16.7. The van der Waals surface area contributed by atoms with Gasteiger partial charge in [0, 0.05) is 11.3 Å². The van der Waals surface area contributed by atoms with Gasteiger partial charge in [-0.3, -0.25) is 9.59 Å². The average molecular weight is 402 g/mol. The summed E-state index contributed by atoms with van der Waals surface area (Å²) in [6.07, 6.45) is 1.61. The molecule has 3 rings (SSSR count). The first-order chi connectivity index (χ1) is 14.6. The van der Waals surface area contributed by atoms with E-state index in [1.807, 2.05) is 6.07 Å². The van der Waals surface area contributed by atoms with Gasteiger partial charge >= 0.3 is 0 Å². The van der Waals surface area contributed by atoms with Crippen molar-refractivity contribution < 1.29 is 19.1 Å². The first-order valence-corrected chi connectivity index (χ1v) is 9.26. The number of rotatable bonds is 7. The Balaban J connectivity index is 1.85. The van der Waals surface area contributed by atoms with Gasteiger partial charge in [-0.2, -0.15) is 0 Å². The molecule has 0 heterocycles. The summed E-state index contributed by atoms with van der Waals surface area (Å²) in [7, 11) is 3.15. The summed E-state index contributed by atoms with van der Waals surface area (Å²) in [5, 5.41) is 5.50. The Morgan fingerprint density at radius 1 is 0.767 bits per heavy atom. The minimum Gasteiger partial charge on any atom is -0.497 e. The molecule has 6 nitrogen and oxygen atoms in total. The molecule has 0 fully saturated rings. The van der Waals surface area contributed by atoms with Gasteiger partial charge in [0.1, 0.15) is 17.2 Å². The molecule has 3 aromatic rings. The molecule has 0 bridgehead atoms. The van der Waals surface area contributed by atoms with Crippen LogP contribution in [0.15, 0.2) is 84.6 Å². The van der Waals surface area contributed by atoms with Crippen LogP contribution >= 0.6 is 0 Å². The van der Waals surface area contributed by atoms with E-state index in [1.165, 1.54) is 0 Å². The third kappa shape index (κ3) is 5.48. The standard InChI is InChI=1S/C24H22N2O4/c1-29-20-12-8-17(9-13-20)16-22(26-23(27)18-6-4-3-5-7-18)24(28)25-19-10-14-21(30-2)15-11-19/h3-16H,1-2H3,(H,25,28)(H,26,27). The number of methoxy groups -OCH3 is 2. The Labute approximate surface area is 175 Å². The summed E-state index contributed by atoms with van der Waals surface area (Å²) in [5.41, 5.74) is 1.89. The molecule has 30 heavy (non-hydrogen) atoms. The van der Waals surface area contributed by atoms with Crippen LogP contribution in [0.25, 0.3) is 6.08 Å². The fourth-order valence-corrected chi connectivity index (χ4v) is 2.68. The summed E-state index contributed by atoms with van der Waals surface area (Å²) in [6.45, 7) is 0. The first-order valence-electron chi connectivity index (χ1n) is 9.26. The number of amides is 2. The fraction of sp³-hybridized carbons (Fsp3) is 0.0833. The lowest BCUT2D eigenvalue weighted by molar-refractivity contribution is -0.113. The second-order valence-corrected chi connectivity index (χ2v) is 6.33. The summed E-state index contributed by atoms with van der Waals surface area (Å²) >= 11 is 0. The SMILES string of the molecule is COc1ccc(C=C(NC(=O)c2ccccc2)C(=O)Nc2ccc(OC)cc2)cc1. The van der Waals surface area contributed by atoms with E-state index in [1.54, 1.807) is 93.1 Å². The molecule has 0 aromatic heterocycles. The van der Waals surface area contributed by atoms with Gasteiger partial charge in [0.25, 0.3) is 11.8 Å². The molecule has 0 atom stereocenters. The van der Waals surface area contributed by atoms with Crippen LogP contribution in [0.2, 0.25) is 0 Å². The number of anilines is 1. The van der Waals surface area contributed by atoms with Gasteiger partial charge in [-0.25, -0.2) is 0 Å². The molecule has 6 heteroatoms. The van der Waals surface area contributed by atoms with Crippen LogP contribution < -0.4 is 20.1 Å². The van der Waals surface area contributed by atoms with Crippen LogP contribution in [-0.4, -0.2) is 26.0 Å². The van der Waals surface area contributed by atoms with Crippen LogP contribution in [0.1, 0.15) is 15.9 Å². The molecule has 0 spiro atoms. The molecular weight excluding hydrogens is 380 g/mol. The number of benzene rings is 3. The van der Waals surface area contributed by atoms with E-state index in [9.17, 15) is 9.59 Å². The predicted octanol–water partition coefficient (Wildman–Crippen LogP) is 4.11. The Kier molecular flexibility index (Phi) is 6.84. The largest absolute Gasteiger partial charge is 0.497 e. The van der Waals surface area contributed by atoms with Crippen molar-refractivity contribution in [3.63, 3.8) is 0 Å². The van der Waals surface area contributed by atoms with Crippen LogP contribution in [0.5, 0.6) is 11.5 Å². The van der Waals surface area contributed by atoms with Crippen molar-refractivity contribution in [2.24, 2.45) is 0 Å². The van der Waals surface area contributed by atoms with E-state index >= 15 is 0 Å². The second-order valence-electron chi connectivity index (χ2n) is 6.33. The van der Waals surface area contributed by atoms with Gasteiger partial charge in [-0.05, 0) is 60.2 Å². The van der Waals surface area contributed by atoms with E-state index in [0.717, 1.165) is 5.56 Å². The Morgan fingerprint density at radius 3 is 1.90 bits per heavy atom. The minimum atomic E-state index is -0.444. The lowest BCUT2D eigenvalue weighted by Gasteiger charge is -2.12. The predicted molar refractivity (Wildman–Crippen MR) is 117 cm³/mol. The summed E-state index contributed by atoms with van der Waals surface area (Å²) in [6, 6.07) is 22.8. The third-order valence-corrected chi connectivity index (χ3v) is 4.30. The number of nitrogens with one attached hydrogen (secondary N) is 2. The summed E-state index contributed by atoms with van der Waals surface area (Å²) < 4.78 is 10.3. The van der Waals surface area contributed by atoms with Crippen molar-refractivity contribution in [3.8, 4) is 11.5 Å². The number of hydrogen-bond acceptors (Lipinski definition) is 4. The minimum absolute atomic E-state index is 0.116. The highest BCUT2D eigenvalue weighted by molar-refractivity contribution is 6.10. The molecular formula is C24H22N2O4. The highest BCUT2D eigenvalue weighted by Crippen LogP contribution is 2.17. The monoisotopic (exact) mass is 402 g/mol. The first kappa shape index (κ1) is 20.7. The highest BCUT2D eigenvalue weighted by Gasteiger charge is 2.15. The van der Waals surface area contributed by atoms with Crippen molar-refractivity contribution in [1.29, 1.82) is 0 Å². The number of ether oxygens (including phenoxy) is 2. The second kappa shape index (κ2) is 9.93. The third-order valence-electron chi connectivity index (χ3n) is 4.30. The normalized spacial score (nSPS) is 10.8. The van der Waals surface area contributed by atoms with Crippen LogP contribution in [-0.2, 0) is 4.79 Å².